The molecular weight excluding hydrogens is 450 g/mol. The van der Waals surface area contributed by atoms with Gasteiger partial charge in [0.15, 0.2) is 0 Å². The van der Waals surface area contributed by atoms with Crippen LogP contribution in [0.25, 0.3) is 0 Å². The molecule has 1 atom stereocenters. The number of morpholine rings is 1. The van der Waals surface area contributed by atoms with Crippen molar-refractivity contribution in [2.24, 2.45) is 16.2 Å². The summed E-state index contributed by atoms with van der Waals surface area (Å²) >= 11 is 0. The van der Waals surface area contributed by atoms with Gasteiger partial charge in [-0.15, -0.1) is 0 Å². The van der Waals surface area contributed by atoms with Gasteiger partial charge in [-0.05, 0) is 49.9 Å². The van der Waals surface area contributed by atoms with Crippen molar-refractivity contribution in [3.8, 4) is 0 Å². The van der Waals surface area contributed by atoms with E-state index in [0.29, 0.717) is 31.5 Å². The van der Waals surface area contributed by atoms with Gasteiger partial charge in [0, 0.05) is 43.2 Å². The number of nitrogens with zero attached hydrogens (tertiary/aromatic N) is 6. The smallest absolute Gasteiger partial charge is 0.302 e. The molecule has 0 spiro atoms. The molecule has 2 saturated heterocycles. The van der Waals surface area contributed by atoms with Crippen LogP contribution in [-0.2, 0) is 9.53 Å². The molecule has 35 heavy (non-hydrogen) atoms. The minimum Gasteiger partial charge on any atom is -0.377 e. The summed E-state index contributed by atoms with van der Waals surface area (Å²) in [6.45, 7) is 3.29. The van der Waals surface area contributed by atoms with E-state index in [1.165, 1.54) is 6.20 Å². The van der Waals surface area contributed by atoms with Crippen LogP contribution < -0.4 is 21.4 Å². The minimum atomic E-state index is -0.602. The van der Waals surface area contributed by atoms with Crippen molar-refractivity contribution < 1.29 is 14.3 Å². The number of rotatable bonds is 7. The molecule has 1 unspecified atom stereocenters. The standard InChI is InChI=1S/C23H29N9O3/c24-30-29-21(33)18-13-25-23(28-20(18)26-15-3-4-15)27-16-5-7-17(8-6-16)32-11-12-35-14-19(32)22(34)31-9-1-2-10-31/h5-8,13,15,19H,1-4,9-12,14H2,(H2,24,29,33)(H2,25,26,27,28). The summed E-state index contributed by atoms with van der Waals surface area (Å²) < 4.78 is 5.63. The maximum absolute atomic E-state index is 13.0. The molecular formula is C23H29N9O3. The van der Waals surface area contributed by atoms with Crippen LogP contribution in [0.3, 0.4) is 0 Å². The van der Waals surface area contributed by atoms with Crippen LogP contribution in [0.4, 0.5) is 23.1 Å². The van der Waals surface area contributed by atoms with Crippen LogP contribution >= 0.6 is 0 Å². The Kier molecular flexibility index (Phi) is 6.70. The fourth-order valence-corrected chi connectivity index (χ4v) is 4.37. The molecule has 12 heteroatoms. The van der Waals surface area contributed by atoms with Crippen molar-refractivity contribution in [3.63, 3.8) is 0 Å². The van der Waals surface area contributed by atoms with Crippen LogP contribution in [0.5, 0.6) is 0 Å². The lowest BCUT2D eigenvalue weighted by molar-refractivity contribution is -0.134. The summed E-state index contributed by atoms with van der Waals surface area (Å²) in [5.41, 5.74) is 1.96. The van der Waals surface area contributed by atoms with E-state index in [4.69, 9.17) is 10.6 Å². The molecule has 184 valence electrons. The van der Waals surface area contributed by atoms with Crippen LogP contribution in [0.15, 0.2) is 40.8 Å². The van der Waals surface area contributed by atoms with E-state index in [9.17, 15) is 9.59 Å². The Balaban J connectivity index is 1.30. The van der Waals surface area contributed by atoms with Gasteiger partial charge in [-0.3, -0.25) is 9.59 Å². The number of amides is 2. The van der Waals surface area contributed by atoms with Crippen molar-refractivity contribution in [3.05, 3.63) is 36.0 Å². The molecule has 2 aromatic rings. The second-order valence-electron chi connectivity index (χ2n) is 8.88. The molecule has 1 aromatic carbocycles. The van der Waals surface area contributed by atoms with Crippen molar-refractivity contribution in [1.82, 2.24) is 14.9 Å². The molecule has 12 nitrogen and oxygen atoms in total. The number of hydrogen-bond acceptors (Lipinski definition) is 9. The Hall–Kier alpha value is -3.80. The van der Waals surface area contributed by atoms with E-state index >= 15 is 0 Å². The maximum atomic E-state index is 13.0. The number of likely N-dealkylation sites (tertiary alicyclic amines) is 1. The van der Waals surface area contributed by atoms with Crippen molar-refractivity contribution in [2.75, 3.05) is 48.4 Å². The largest absolute Gasteiger partial charge is 0.377 e. The first kappa shape index (κ1) is 23.0. The first-order chi connectivity index (χ1) is 17.1. The van der Waals surface area contributed by atoms with E-state index in [0.717, 1.165) is 50.1 Å². The summed E-state index contributed by atoms with van der Waals surface area (Å²) in [7, 11) is 0. The van der Waals surface area contributed by atoms with Gasteiger partial charge < -0.3 is 31.0 Å². The highest BCUT2D eigenvalue weighted by Crippen LogP contribution is 2.28. The molecule has 1 saturated carbocycles. The maximum Gasteiger partial charge on any atom is 0.302 e. The fourth-order valence-electron chi connectivity index (χ4n) is 4.37. The zero-order chi connectivity index (χ0) is 24.2. The highest BCUT2D eigenvalue weighted by Gasteiger charge is 2.34. The van der Waals surface area contributed by atoms with Gasteiger partial charge in [-0.2, -0.15) is 4.98 Å². The Morgan fingerprint density at radius 2 is 1.89 bits per heavy atom. The van der Waals surface area contributed by atoms with Gasteiger partial charge in [0.25, 0.3) is 0 Å². The van der Waals surface area contributed by atoms with Gasteiger partial charge in [-0.25, -0.2) is 4.98 Å². The number of benzene rings is 1. The third kappa shape index (κ3) is 5.32. The van der Waals surface area contributed by atoms with Gasteiger partial charge >= 0.3 is 5.91 Å². The Labute approximate surface area is 202 Å². The number of carbonyl (C=O) groups is 2. The number of aromatic nitrogens is 2. The van der Waals surface area contributed by atoms with Crippen molar-refractivity contribution >= 4 is 35.0 Å². The van der Waals surface area contributed by atoms with Crippen LogP contribution in [0.2, 0.25) is 0 Å². The Morgan fingerprint density at radius 3 is 2.60 bits per heavy atom. The van der Waals surface area contributed by atoms with Gasteiger partial charge in [0.1, 0.15) is 17.4 Å². The lowest BCUT2D eigenvalue weighted by Gasteiger charge is -2.38. The average molecular weight is 480 g/mol. The van der Waals surface area contributed by atoms with E-state index in [1.54, 1.807) is 0 Å². The van der Waals surface area contributed by atoms with Crippen molar-refractivity contribution in [1.29, 1.82) is 0 Å². The van der Waals surface area contributed by atoms with E-state index < -0.39 is 5.91 Å². The predicted molar refractivity (Wildman–Crippen MR) is 130 cm³/mol. The second-order valence-corrected chi connectivity index (χ2v) is 8.88. The molecule has 1 aliphatic carbocycles. The summed E-state index contributed by atoms with van der Waals surface area (Å²) in [4.78, 5) is 38.0. The SMILES string of the molecule is NN=NC(=O)c1cnc(Nc2ccc(N3CCOCC3C(=O)N3CCCC3)cc2)nc1NC1CC1. The molecule has 3 fully saturated rings. The summed E-state index contributed by atoms with van der Waals surface area (Å²) in [5.74, 6) is 5.29. The molecule has 1 aromatic heterocycles. The first-order valence-electron chi connectivity index (χ1n) is 11.9. The number of ether oxygens (including phenoxy) is 1. The van der Waals surface area contributed by atoms with Crippen molar-refractivity contribution in [2.45, 2.75) is 37.8 Å². The van der Waals surface area contributed by atoms with Gasteiger partial charge in [0.2, 0.25) is 11.9 Å². The molecule has 3 heterocycles. The third-order valence-electron chi connectivity index (χ3n) is 6.37. The van der Waals surface area contributed by atoms with Crippen LogP contribution in [0.1, 0.15) is 36.0 Å². The van der Waals surface area contributed by atoms with Crippen LogP contribution in [-0.4, -0.2) is 71.6 Å². The minimum absolute atomic E-state index is 0.136. The normalized spacial score (nSPS) is 20.3. The number of hydrogen-bond donors (Lipinski definition) is 3. The Bertz CT molecular complexity index is 1100. The highest BCUT2D eigenvalue weighted by molar-refractivity contribution is 5.99. The zero-order valence-corrected chi connectivity index (χ0v) is 19.4. The molecule has 4 N–H and O–H groups in total. The van der Waals surface area contributed by atoms with Gasteiger partial charge in [0.05, 0.1) is 13.2 Å². The molecule has 5 rings (SSSR count). The number of carbonyl (C=O) groups excluding carboxylic acids is 2. The topological polar surface area (TPSA) is 150 Å². The fraction of sp³-hybridized carbons (Fsp3) is 0.478. The van der Waals surface area contributed by atoms with E-state index in [2.05, 4.69) is 35.8 Å². The second kappa shape index (κ2) is 10.2. The molecule has 0 radical (unpaired) electrons. The Morgan fingerprint density at radius 1 is 1.11 bits per heavy atom. The first-order valence-corrected chi connectivity index (χ1v) is 11.9. The molecule has 3 aliphatic rings. The number of nitrogens with one attached hydrogen (secondary N) is 2. The molecule has 0 bridgehead atoms. The van der Waals surface area contributed by atoms with Crippen LogP contribution in [0, 0.1) is 0 Å². The summed E-state index contributed by atoms with van der Waals surface area (Å²) in [5, 5.41) is 12.8. The lowest BCUT2D eigenvalue weighted by atomic mass is 10.1. The van der Waals surface area contributed by atoms with Gasteiger partial charge in [-0.1, -0.05) is 10.3 Å². The zero-order valence-electron chi connectivity index (χ0n) is 19.4. The molecule has 2 amide bonds. The molecule has 2 aliphatic heterocycles. The number of anilines is 4. The van der Waals surface area contributed by atoms with E-state index in [1.807, 2.05) is 29.2 Å². The van der Waals surface area contributed by atoms with E-state index in [-0.39, 0.29) is 23.6 Å². The quantitative estimate of drug-likeness (QED) is 0.308. The highest BCUT2D eigenvalue weighted by atomic mass is 16.5. The summed E-state index contributed by atoms with van der Waals surface area (Å²) in [6.07, 6.45) is 5.57. The monoisotopic (exact) mass is 479 g/mol. The third-order valence-corrected chi connectivity index (χ3v) is 6.37. The lowest BCUT2D eigenvalue weighted by Crippen LogP contribution is -2.54. The summed E-state index contributed by atoms with van der Waals surface area (Å²) in [6, 6.07) is 7.75. The predicted octanol–water partition coefficient (Wildman–Crippen LogP) is 2.09. The number of nitrogens with two attached hydrogens (primary N) is 1. The average Bonchev–Trinajstić information content (AvgIpc) is 3.52.